The topological polar surface area (TPSA) is 35.2 Å². The van der Waals surface area contributed by atoms with Crippen molar-refractivity contribution in [1.29, 1.82) is 0 Å². The zero-order valence-corrected chi connectivity index (χ0v) is 5.40. The number of hydrogen-bond acceptors (Lipinski definition) is 4. The van der Waals surface area contributed by atoms with Gasteiger partial charge in [0.25, 0.3) is 0 Å². The van der Waals surface area contributed by atoms with Crippen molar-refractivity contribution in [2.75, 3.05) is 0 Å². The maximum absolute atomic E-state index is 5.00. The molecule has 5 heteroatoms. The first-order chi connectivity index (χ1) is 2.27. The fourth-order valence-corrected chi connectivity index (χ4v) is 0. The molecule has 0 fully saturated rings. The second-order valence-corrected chi connectivity index (χ2v) is 3.65. The van der Waals surface area contributed by atoms with E-state index in [1.54, 1.807) is 0 Å². The van der Waals surface area contributed by atoms with Crippen molar-refractivity contribution in [2.45, 2.75) is 0 Å². The molecule has 0 rings (SSSR count). The van der Waals surface area contributed by atoms with E-state index in [0.717, 1.165) is 0 Å². The second kappa shape index (κ2) is 3.04. The zero-order valence-electron chi connectivity index (χ0n) is 2.46. The molecule has 0 saturated heterocycles. The van der Waals surface area contributed by atoms with Crippen LogP contribution in [0.3, 0.4) is 0 Å². The van der Waals surface area contributed by atoms with Gasteiger partial charge in [-0.25, -0.2) is 0 Å². The lowest BCUT2D eigenvalue weighted by Crippen LogP contribution is -2.17. The standard InChI is InChI=1S/H5NOS2Si/c1-5(4)2-3/h3-5H,1H2. The Kier molecular flexibility index (Phi) is 3.55. The Labute approximate surface area is 43.2 Å². The highest BCUT2D eigenvalue weighted by Gasteiger charge is 1.87. The minimum absolute atomic E-state index is 1.59. The molecule has 0 aromatic heterocycles. The lowest BCUT2D eigenvalue weighted by atomic mass is 13.9. The van der Waals surface area contributed by atoms with E-state index in [0.29, 0.717) is 0 Å². The van der Waals surface area contributed by atoms with Crippen LogP contribution in [-0.2, 0) is 3.87 Å². The SMILES string of the molecule is N[SiH](S)OS. The van der Waals surface area contributed by atoms with Crippen LogP contribution >= 0.6 is 25.0 Å². The van der Waals surface area contributed by atoms with E-state index in [1.165, 1.54) is 0 Å². The minimum atomic E-state index is -1.59. The maximum Gasteiger partial charge on any atom is 0.325 e. The minimum Gasteiger partial charge on any atom is -0.334 e. The fraction of sp³-hybridized carbons (Fsp3) is 0. The molecule has 2 nitrogen and oxygen atoms in total. The van der Waals surface area contributed by atoms with E-state index in [2.05, 4.69) is 28.9 Å². The first-order valence-corrected chi connectivity index (χ1v) is 4.58. The van der Waals surface area contributed by atoms with Gasteiger partial charge in [-0.15, -0.1) is 0 Å². The lowest BCUT2D eigenvalue weighted by Gasteiger charge is -1.88. The highest BCUT2D eigenvalue weighted by molar-refractivity contribution is 8.10. The number of hydrogen-bond donors (Lipinski definition) is 3. The van der Waals surface area contributed by atoms with Crippen molar-refractivity contribution in [2.24, 2.45) is 5.40 Å². The predicted octanol–water partition coefficient (Wildman–Crippen LogP) is -0.546. The highest BCUT2D eigenvalue weighted by atomic mass is 32.3. The summed E-state index contributed by atoms with van der Waals surface area (Å²) in [6, 6.07) is 0. The third kappa shape index (κ3) is 4.84. The third-order valence-corrected chi connectivity index (χ3v) is 1.82. The quantitative estimate of drug-likeness (QED) is 0.251. The molecule has 0 aromatic carbocycles. The van der Waals surface area contributed by atoms with Crippen LogP contribution in [0.2, 0.25) is 0 Å². The van der Waals surface area contributed by atoms with Crippen LogP contribution in [0, 0.1) is 0 Å². The third-order valence-electron chi connectivity index (χ3n) is 0.108. The highest BCUT2D eigenvalue weighted by Crippen LogP contribution is 1.81. The molecule has 0 spiro atoms. The molecular weight excluding hydrogens is 122 g/mol. The van der Waals surface area contributed by atoms with Crippen LogP contribution in [-0.4, -0.2) is 8.35 Å². The van der Waals surface area contributed by atoms with Gasteiger partial charge < -0.3 is 9.27 Å². The first-order valence-electron chi connectivity index (χ1n) is 1.01. The molecule has 0 aliphatic carbocycles. The Hall–Kier alpha value is 0.837. The van der Waals surface area contributed by atoms with E-state index in [1.807, 2.05) is 0 Å². The molecular formula is H5NOS2Si. The monoisotopic (exact) mass is 127 g/mol. The Morgan fingerprint density at radius 2 is 2.00 bits per heavy atom. The van der Waals surface area contributed by atoms with Gasteiger partial charge in [0.2, 0.25) is 0 Å². The van der Waals surface area contributed by atoms with Crippen molar-refractivity contribution in [1.82, 2.24) is 0 Å². The number of rotatable bonds is 1. The normalized spacial score (nSPS) is 15.0. The Morgan fingerprint density at radius 3 is 2.00 bits per heavy atom. The van der Waals surface area contributed by atoms with Gasteiger partial charge in [0.1, 0.15) is 0 Å². The fourth-order valence-electron chi connectivity index (χ4n) is 0. The van der Waals surface area contributed by atoms with Gasteiger partial charge in [-0.05, 0) is 12.9 Å². The summed E-state index contributed by atoms with van der Waals surface area (Å²) in [5.41, 5.74) is 0. The Balaban J connectivity index is 2.54. The van der Waals surface area contributed by atoms with E-state index < -0.39 is 8.35 Å². The molecule has 0 radical (unpaired) electrons. The number of thiol groups is 2. The molecule has 0 bridgehead atoms. The molecule has 0 aliphatic heterocycles. The summed E-state index contributed by atoms with van der Waals surface area (Å²) >= 11 is 7.09. The van der Waals surface area contributed by atoms with Crippen LogP contribution in [0.15, 0.2) is 0 Å². The summed E-state index contributed by atoms with van der Waals surface area (Å²) in [4.78, 5) is 0. The van der Waals surface area contributed by atoms with Crippen molar-refractivity contribution in [3.63, 3.8) is 0 Å². The average molecular weight is 127 g/mol. The summed E-state index contributed by atoms with van der Waals surface area (Å²) in [7, 11) is -1.59. The van der Waals surface area contributed by atoms with Gasteiger partial charge in [0.05, 0.1) is 0 Å². The van der Waals surface area contributed by atoms with Crippen molar-refractivity contribution in [3.8, 4) is 0 Å². The van der Waals surface area contributed by atoms with E-state index in [9.17, 15) is 0 Å². The van der Waals surface area contributed by atoms with Gasteiger partial charge in [0.15, 0.2) is 0 Å². The van der Waals surface area contributed by atoms with E-state index >= 15 is 0 Å². The van der Waals surface area contributed by atoms with Gasteiger partial charge in [-0.3, -0.25) is 0 Å². The smallest absolute Gasteiger partial charge is 0.325 e. The summed E-state index contributed by atoms with van der Waals surface area (Å²) in [6.07, 6.45) is 0. The molecule has 2 N–H and O–H groups in total. The summed E-state index contributed by atoms with van der Waals surface area (Å²) in [5, 5.41) is 5.00. The summed E-state index contributed by atoms with van der Waals surface area (Å²) in [6.45, 7) is 0. The van der Waals surface area contributed by atoms with Gasteiger partial charge in [-0.1, -0.05) is 0 Å². The Bertz CT molecular complexity index is 23.6. The van der Waals surface area contributed by atoms with Gasteiger partial charge in [0, 0.05) is 0 Å². The van der Waals surface area contributed by atoms with Crippen LogP contribution < -0.4 is 5.40 Å². The van der Waals surface area contributed by atoms with E-state index in [4.69, 9.17) is 5.40 Å². The molecule has 0 heterocycles. The molecule has 5 heavy (non-hydrogen) atoms. The van der Waals surface area contributed by atoms with Crippen LogP contribution in [0.1, 0.15) is 0 Å². The summed E-state index contributed by atoms with van der Waals surface area (Å²) in [5.74, 6) is 0. The molecule has 1 atom stereocenters. The van der Waals surface area contributed by atoms with Gasteiger partial charge >= 0.3 is 8.35 Å². The molecule has 32 valence electrons. The molecule has 0 aliphatic rings. The Morgan fingerprint density at radius 1 is 1.80 bits per heavy atom. The molecule has 0 amide bonds. The van der Waals surface area contributed by atoms with Crippen molar-refractivity contribution in [3.05, 3.63) is 0 Å². The molecule has 0 saturated carbocycles. The van der Waals surface area contributed by atoms with E-state index in [-0.39, 0.29) is 0 Å². The maximum atomic E-state index is 5.00. The van der Waals surface area contributed by atoms with Crippen molar-refractivity contribution >= 4 is 33.3 Å². The van der Waals surface area contributed by atoms with Crippen LogP contribution in [0.25, 0.3) is 0 Å². The lowest BCUT2D eigenvalue weighted by molar-refractivity contribution is 0.705. The number of nitrogens with two attached hydrogens (primary N) is 1. The predicted molar refractivity (Wildman–Crippen MR) is 30.4 cm³/mol. The van der Waals surface area contributed by atoms with Gasteiger partial charge in [-0.2, -0.15) is 12.1 Å². The average Bonchev–Trinajstić information content (AvgIpc) is 1.38. The largest absolute Gasteiger partial charge is 0.334 e. The van der Waals surface area contributed by atoms with Crippen LogP contribution in [0.5, 0.6) is 0 Å². The van der Waals surface area contributed by atoms with Crippen molar-refractivity contribution < 1.29 is 3.87 Å². The molecule has 1 unspecified atom stereocenters. The molecule has 0 aromatic rings. The second-order valence-electron chi connectivity index (χ2n) is 0.496. The first kappa shape index (κ1) is 5.84. The van der Waals surface area contributed by atoms with Crippen LogP contribution in [0.4, 0.5) is 0 Å². The zero-order chi connectivity index (χ0) is 4.28. The summed E-state index contributed by atoms with van der Waals surface area (Å²) < 4.78 is 4.23.